The molecule has 2 aromatic rings. The van der Waals surface area contributed by atoms with Crippen molar-refractivity contribution in [3.05, 3.63) is 59.7 Å². The number of hydrogen-bond donors (Lipinski definition) is 2. The maximum absolute atomic E-state index is 14.0. The zero-order valence-electron chi connectivity index (χ0n) is 16.6. The van der Waals surface area contributed by atoms with E-state index in [-0.39, 0.29) is 11.4 Å². The molecule has 1 aliphatic heterocycles. The number of anilines is 2. The van der Waals surface area contributed by atoms with Crippen LogP contribution in [0.15, 0.2) is 42.5 Å². The highest BCUT2D eigenvalue weighted by molar-refractivity contribution is 7.89. The fourth-order valence-corrected chi connectivity index (χ4v) is 4.33. The summed E-state index contributed by atoms with van der Waals surface area (Å²) in [5.41, 5.74) is 1.36. The van der Waals surface area contributed by atoms with Gasteiger partial charge in [-0.15, -0.1) is 0 Å². The largest absolute Gasteiger partial charge is 0.323 e. The van der Waals surface area contributed by atoms with Crippen molar-refractivity contribution in [1.82, 2.24) is 9.21 Å². The van der Waals surface area contributed by atoms with Gasteiger partial charge in [-0.1, -0.05) is 0 Å². The molecule has 7 nitrogen and oxygen atoms in total. The van der Waals surface area contributed by atoms with Crippen LogP contribution < -0.4 is 10.6 Å². The van der Waals surface area contributed by atoms with Crippen molar-refractivity contribution in [1.29, 1.82) is 0 Å². The van der Waals surface area contributed by atoms with Gasteiger partial charge in [-0.05, 0) is 55.0 Å². The number of amides is 2. The van der Waals surface area contributed by atoms with E-state index in [1.54, 1.807) is 13.0 Å². The highest BCUT2D eigenvalue weighted by atomic mass is 32.2. The second-order valence-electron chi connectivity index (χ2n) is 7.01. The number of rotatable bonds is 6. The number of urea groups is 1. The summed E-state index contributed by atoms with van der Waals surface area (Å²) in [5, 5.41) is 5.12. The Kier molecular flexibility index (Phi) is 7.01. The molecule has 2 aromatic carbocycles. The van der Waals surface area contributed by atoms with E-state index in [0.29, 0.717) is 44.0 Å². The van der Waals surface area contributed by atoms with Crippen LogP contribution >= 0.6 is 0 Å². The van der Waals surface area contributed by atoms with Crippen molar-refractivity contribution in [2.45, 2.75) is 13.5 Å². The Hall–Kier alpha value is -2.56. The minimum atomic E-state index is -3.20. The molecule has 1 heterocycles. The highest BCUT2D eigenvalue weighted by Crippen LogP contribution is 2.18. The number of carbonyl (C=O) groups is 1. The maximum Gasteiger partial charge on any atom is 0.323 e. The molecule has 1 fully saturated rings. The summed E-state index contributed by atoms with van der Waals surface area (Å²) in [6, 6.07) is 8.98. The van der Waals surface area contributed by atoms with Crippen molar-refractivity contribution in [2.24, 2.45) is 0 Å². The highest BCUT2D eigenvalue weighted by Gasteiger charge is 2.25. The molecule has 0 radical (unpaired) electrons. The lowest BCUT2D eigenvalue weighted by atomic mass is 10.1. The summed E-state index contributed by atoms with van der Waals surface area (Å²) < 4.78 is 52.4. The van der Waals surface area contributed by atoms with Crippen LogP contribution in [0, 0.1) is 11.6 Å². The van der Waals surface area contributed by atoms with Crippen LogP contribution in [-0.4, -0.2) is 55.6 Å². The maximum atomic E-state index is 14.0. The molecule has 0 aromatic heterocycles. The van der Waals surface area contributed by atoms with E-state index in [1.165, 1.54) is 40.7 Å². The molecule has 0 unspecified atom stereocenters. The smallest absolute Gasteiger partial charge is 0.308 e. The molecular formula is C20H24F2N4O3S. The number of piperazine rings is 1. The lowest BCUT2D eigenvalue weighted by molar-refractivity contribution is 0.181. The predicted molar refractivity (Wildman–Crippen MR) is 112 cm³/mol. The van der Waals surface area contributed by atoms with Gasteiger partial charge in [0.25, 0.3) is 0 Å². The van der Waals surface area contributed by atoms with Crippen molar-refractivity contribution in [3.8, 4) is 0 Å². The van der Waals surface area contributed by atoms with Gasteiger partial charge in [0.15, 0.2) is 0 Å². The topological polar surface area (TPSA) is 81.8 Å². The van der Waals surface area contributed by atoms with Gasteiger partial charge in [-0.25, -0.2) is 22.0 Å². The second kappa shape index (κ2) is 9.50. The van der Waals surface area contributed by atoms with Crippen molar-refractivity contribution in [3.63, 3.8) is 0 Å². The summed E-state index contributed by atoms with van der Waals surface area (Å²) in [4.78, 5) is 14.2. The Balaban J connectivity index is 1.59. The predicted octanol–water partition coefficient (Wildman–Crippen LogP) is 3.08. The fraction of sp³-hybridized carbons (Fsp3) is 0.350. The minimum absolute atomic E-state index is 0.0753. The van der Waals surface area contributed by atoms with Gasteiger partial charge < -0.3 is 10.6 Å². The van der Waals surface area contributed by atoms with E-state index < -0.39 is 27.7 Å². The normalized spacial score (nSPS) is 15.7. The lowest BCUT2D eigenvalue weighted by Crippen LogP contribution is -2.48. The SMILES string of the molecule is CCS(=O)(=O)N1CCN(Cc2cc(F)cc(NC(=O)Nc3ccc(F)cc3)c2)CC1. The number of benzene rings is 2. The van der Waals surface area contributed by atoms with Gasteiger partial charge in [-0.2, -0.15) is 4.31 Å². The van der Waals surface area contributed by atoms with E-state index in [2.05, 4.69) is 10.6 Å². The molecule has 0 aliphatic carbocycles. The van der Waals surface area contributed by atoms with Crippen LogP contribution in [0.5, 0.6) is 0 Å². The average molecular weight is 439 g/mol. The first-order valence-electron chi connectivity index (χ1n) is 9.58. The number of hydrogen-bond acceptors (Lipinski definition) is 4. The first-order chi connectivity index (χ1) is 14.2. The van der Waals surface area contributed by atoms with Gasteiger partial charge >= 0.3 is 6.03 Å². The quantitative estimate of drug-likeness (QED) is 0.726. The molecular weight excluding hydrogens is 414 g/mol. The first kappa shape index (κ1) is 22.1. The molecule has 10 heteroatoms. The van der Waals surface area contributed by atoms with Gasteiger partial charge in [0.2, 0.25) is 10.0 Å². The Bertz CT molecular complexity index is 992. The van der Waals surface area contributed by atoms with E-state index in [9.17, 15) is 22.0 Å². The second-order valence-corrected chi connectivity index (χ2v) is 9.27. The van der Waals surface area contributed by atoms with E-state index in [0.717, 1.165) is 0 Å². The summed E-state index contributed by atoms with van der Waals surface area (Å²) in [6.45, 7) is 3.95. The molecule has 0 saturated carbocycles. The number of carbonyl (C=O) groups excluding carboxylic acids is 1. The Morgan fingerprint density at radius 1 is 0.933 bits per heavy atom. The molecule has 1 aliphatic rings. The summed E-state index contributed by atoms with van der Waals surface area (Å²) in [5.74, 6) is -0.827. The molecule has 0 spiro atoms. The molecule has 2 N–H and O–H groups in total. The van der Waals surface area contributed by atoms with Crippen LogP contribution in [0.4, 0.5) is 25.0 Å². The number of sulfonamides is 1. The van der Waals surface area contributed by atoms with Crippen LogP contribution in [0.2, 0.25) is 0 Å². The first-order valence-corrected chi connectivity index (χ1v) is 11.2. The zero-order valence-corrected chi connectivity index (χ0v) is 17.4. The van der Waals surface area contributed by atoms with Crippen molar-refractivity contribution in [2.75, 3.05) is 42.6 Å². The van der Waals surface area contributed by atoms with Gasteiger partial charge in [-0.3, -0.25) is 4.90 Å². The Morgan fingerprint density at radius 3 is 2.20 bits per heavy atom. The molecule has 2 amide bonds. The Labute approximate surface area is 174 Å². The molecule has 0 atom stereocenters. The third-order valence-electron chi connectivity index (χ3n) is 4.81. The third kappa shape index (κ3) is 5.97. The monoisotopic (exact) mass is 438 g/mol. The molecule has 30 heavy (non-hydrogen) atoms. The van der Waals surface area contributed by atoms with Crippen molar-refractivity contribution >= 4 is 27.4 Å². The summed E-state index contributed by atoms with van der Waals surface area (Å²) in [6.07, 6.45) is 0. The van der Waals surface area contributed by atoms with E-state index in [4.69, 9.17) is 0 Å². The standard InChI is InChI=1S/C20H24F2N4O3S/c1-2-30(28,29)26-9-7-25(8-10-26)14-15-11-17(22)13-19(12-15)24-20(27)23-18-5-3-16(21)4-6-18/h3-6,11-13H,2,7-10,14H2,1H3,(H2,23,24,27). The number of nitrogens with one attached hydrogen (secondary N) is 2. The van der Waals surface area contributed by atoms with E-state index in [1.807, 2.05) is 4.90 Å². The third-order valence-corrected chi connectivity index (χ3v) is 6.69. The van der Waals surface area contributed by atoms with Gasteiger partial charge in [0.1, 0.15) is 11.6 Å². The fourth-order valence-electron chi connectivity index (χ4n) is 3.25. The summed E-state index contributed by atoms with van der Waals surface area (Å²) in [7, 11) is -3.20. The van der Waals surface area contributed by atoms with Crippen LogP contribution in [0.3, 0.4) is 0 Å². The van der Waals surface area contributed by atoms with Gasteiger partial charge in [0, 0.05) is 44.1 Å². The van der Waals surface area contributed by atoms with E-state index >= 15 is 0 Å². The number of halogens is 2. The summed E-state index contributed by atoms with van der Waals surface area (Å²) >= 11 is 0. The lowest BCUT2D eigenvalue weighted by Gasteiger charge is -2.33. The van der Waals surface area contributed by atoms with Crippen LogP contribution in [0.1, 0.15) is 12.5 Å². The number of nitrogens with zero attached hydrogens (tertiary/aromatic N) is 2. The Morgan fingerprint density at radius 2 is 1.57 bits per heavy atom. The zero-order chi connectivity index (χ0) is 21.7. The molecule has 162 valence electrons. The van der Waals surface area contributed by atoms with Crippen molar-refractivity contribution < 1.29 is 22.0 Å². The molecule has 3 rings (SSSR count). The average Bonchev–Trinajstić information content (AvgIpc) is 2.69. The van der Waals surface area contributed by atoms with Crippen LogP contribution in [-0.2, 0) is 16.6 Å². The molecule has 1 saturated heterocycles. The van der Waals surface area contributed by atoms with Gasteiger partial charge in [0.05, 0.1) is 5.75 Å². The minimum Gasteiger partial charge on any atom is -0.308 e. The van der Waals surface area contributed by atoms with Crippen LogP contribution in [0.25, 0.3) is 0 Å². The molecule has 0 bridgehead atoms.